The van der Waals surface area contributed by atoms with E-state index in [0.29, 0.717) is 11.3 Å². The molecule has 0 radical (unpaired) electrons. The zero-order valence-electron chi connectivity index (χ0n) is 9.59. The molecule has 2 aromatic rings. The predicted molar refractivity (Wildman–Crippen MR) is 73.3 cm³/mol. The Morgan fingerprint density at radius 3 is 2.79 bits per heavy atom. The van der Waals surface area contributed by atoms with Gasteiger partial charge in [-0.15, -0.1) is 0 Å². The van der Waals surface area contributed by atoms with Crippen LogP contribution in [0.1, 0.15) is 16.1 Å². The van der Waals surface area contributed by atoms with Gasteiger partial charge in [-0.25, -0.2) is 5.43 Å². The van der Waals surface area contributed by atoms with Crippen molar-refractivity contribution in [2.75, 3.05) is 0 Å². The van der Waals surface area contributed by atoms with E-state index in [2.05, 4.69) is 31.4 Å². The third-order valence-corrected chi connectivity index (χ3v) is 2.73. The van der Waals surface area contributed by atoms with E-state index in [4.69, 9.17) is 5.11 Å². The van der Waals surface area contributed by atoms with Gasteiger partial charge >= 0.3 is 0 Å². The summed E-state index contributed by atoms with van der Waals surface area (Å²) in [5.74, 6) is -0.573. The number of aromatic amines is 1. The molecule has 1 aromatic carbocycles. The molecule has 0 spiro atoms. The molecule has 1 heterocycles. The Morgan fingerprint density at radius 1 is 1.37 bits per heavy atom. The van der Waals surface area contributed by atoms with E-state index >= 15 is 0 Å². The van der Waals surface area contributed by atoms with Crippen LogP contribution in [0, 0.1) is 0 Å². The number of hydrazone groups is 1. The third kappa shape index (κ3) is 3.35. The van der Waals surface area contributed by atoms with Gasteiger partial charge in [0, 0.05) is 22.3 Å². The van der Waals surface area contributed by atoms with Crippen LogP contribution in [-0.4, -0.2) is 27.3 Å². The van der Waals surface area contributed by atoms with Gasteiger partial charge in [0.1, 0.15) is 17.2 Å². The van der Waals surface area contributed by atoms with Crippen molar-refractivity contribution >= 4 is 28.1 Å². The Morgan fingerprint density at radius 2 is 2.16 bits per heavy atom. The Bertz CT molecular complexity index is 637. The average molecular weight is 324 g/mol. The topological polar surface area (TPSA) is 97.7 Å². The van der Waals surface area contributed by atoms with Crippen molar-refractivity contribution in [2.45, 2.75) is 0 Å². The fraction of sp³-hybridized carbons (Fsp3) is 0. The lowest BCUT2D eigenvalue weighted by Crippen LogP contribution is -2.17. The molecule has 0 aliphatic heterocycles. The van der Waals surface area contributed by atoms with Crippen LogP contribution in [-0.2, 0) is 0 Å². The Kier molecular flexibility index (Phi) is 3.86. The number of phenolic OH excluding ortho intramolecular Hbond substituents is 2. The lowest BCUT2D eigenvalue weighted by Gasteiger charge is -1.99. The molecule has 0 atom stereocenters. The van der Waals surface area contributed by atoms with Gasteiger partial charge in [-0.1, -0.05) is 0 Å². The van der Waals surface area contributed by atoms with Crippen molar-refractivity contribution < 1.29 is 15.0 Å². The SMILES string of the molecule is O=C(N/N=C/c1ccc(O)cc1O)c1cc(Br)c[nH]1. The van der Waals surface area contributed by atoms with Crippen LogP contribution in [0.2, 0.25) is 0 Å². The second-order valence-corrected chi connectivity index (χ2v) is 4.59. The molecule has 7 heteroatoms. The molecule has 0 unspecified atom stereocenters. The quantitative estimate of drug-likeness (QED) is 0.513. The first-order chi connectivity index (χ1) is 9.06. The van der Waals surface area contributed by atoms with Crippen LogP contribution in [0.3, 0.4) is 0 Å². The zero-order chi connectivity index (χ0) is 13.8. The minimum Gasteiger partial charge on any atom is -0.508 e. The van der Waals surface area contributed by atoms with E-state index in [1.165, 1.54) is 24.4 Å². The highest BCUT2D eigenvalue weighted by molar-refractivity contribution is 9.10. The molecular weight excluding hydrogens is 314 g/mol. The molecule has 0 aliphatic rings. The molecule has 4 N–H and O–H groups in total. The van der Waals surface area contributed by atoms with E-state index in [0.717, 1.165) is 4.47 Å². The lowest BCUT2D eigenvalue weighted by molar-refractivity contribution is 0.0950. The maximum absolute atomic E-state index is 11.6. The second kappa shape index (κ2) is 5.57. The molecule has 98 valence electrons. The largest absolute Gasteiger partial charge is 0.508 e. The van der Waals surface area contributed by atoms with Crippen LogP contribution in [0.25, 0.3) is 0 Å². The molecule has 19 heavy (non-hydrogen) atoms. The van der Waals surface area contributed by atoms with E-state index in [9.17, 15) is 9.90 Å². The number of hydrogen-bond donors (Lipinski definition) is 4. The fourth-order valence-electron chi connectivity index (χ4n) is 1.36. The summed E-state index contributed by atoms with van der Waals surface area (Å²) < 4.78 is 0.762. The molecule has 0 saturated heterocycles. The van der Waals surface area contributed by atoms with Crippen LogP contribution in [0.4, 0.5) is 0 Å². The first-order valence-corrected chi connectivity index (χ1v) is 6.05. The minimum atomic E-state index is -0.403. The number of benzene rings is 1. The molecule has 0 aliphatic carbocycles. The number of aromatic nitrogens is 1. The van der Waals surface area contributed by atoms with Crippen molar-refractivity contribution in [3.8, 4) is 11.5 Å². The van der Waals surface area contributed by atoms with E-state index in [1.807, 2.05) is 0 Å². The molecule has 1 amide bonds. The number of carbonyl (C=O) groups is 1. The molecule has 2 rings (SSSR count). The Hall–Kier alpha value is -2.28. The smallest absolute Gasteiger partial charge is 0.287 e. The molecule has 0 fully saturated rings. The zero-order valence-corrected chi connectivity index (χ0v) is 11.2. The van der Waals surface area contributed by atoms with Crippen molar-refractivity contribution in [3.63, 3.8) is 0 Å². The number of phenols is 2. The lowest BCUT2D eigenvalue weighted by atomic mass is 10.2. The summed E-state index contributed by atoms with van der Waals surface area (Å²) in [6, 6.07) is 5.69. The normalized spacial score (nSPS) is 10.8. The monoisotopic (exact) mass is 323 g/mol. The van der Waals surface area contributed by atoms with Gasteiger partial charge < -0.3 is 15.2 Å². The van der Waals surface area contributed by atoms with Gasteiger partial charge in [-0.2, -0.15) is 5.10 Å². The van der Waals surface area contributed by atoms with Crippen molar-refractivity contribution in [1.29, 1.82) is 0 Å². The third-order valence-electron chi connectivity index (χ3n) is 2.28. The van der Waals surface area contributed by atoms with Gasteiger partial charge in [0.05, 0.1) is 6.21 Å². The summed E-state index contributed by atoms with van der Waals surface area (Å²) in [4.78, 5) is 14.4. The number of hydrogen-bond acceptors (Lipinski definition) is 4. The number of nitrogens with one attached hydrogen (secondary N) is 2. The highest BCUT2D eigenvalue weighted by Gasteiger charge is 2.06. The van der Waals surface area contributed by atoms with Crippen LogP contribution < -0.4 is 5.43 Å². The number of nitrogens with zero attached hydrogens (tertiary/aromatic N) is 1. The number of amides is 1. The van der Waals surface area contributed by atoms with Gasteiger partial charge in [-0.05, 0) is 34.1 Å². The summed E-state index contributed by atoms with van der Waals surface area (Å²) in [6.07, 6.45) is 2.91. The number of H-pyrrole nitrogens is 1. The van der Waals surface area contributed by atoms with E-state index in [-0.39, 0.29) is 11.5 Å². The van der Waals surface area contributed by atoms with Crippen molar-refractivity contribution in [3.05, 3.63) is 46.2 Å². The average Bonchev–Trinajstić information content (AvgIpc) is 2.78. The van der Waals surface area contributed by atoms with Crippen LogP contribution >= 0.6 is 15.9 Å². The first-order valence-electron chi connectivity index (χ1n) is 5.25. The molecular formula is C12H10BrN3O3. The number of aromatic hydroxyl groups is 2. The highest BCUT2D eigenvalue weighted by Crippen LogP contribution is 2.20. The van der Waals surface area contributed by atoms with Crippen LogP contribution in [0.5, 0.6) is 11.5 Å². The fourth-order valence-corrected chi connectivity index (χ4v) is 1.70. The Balaban J connectivity index is 2.02. The highest BCUT2D eigenvalue weighted by atomic mass is 79.9. The number of carbonyl (C=O) groups excluding carboxylic acids is 1. The Labute approximate surface area is 116 Å². The molecule has 0 bridgehead atoms. The van der Waals surface area contributed by atoms with Crippen LogP contribution in [0.15, 0.2) is 40.0 Å². The van der Waals surface area contributed by atoms with E-state index < -0.39 is 5.91 Å². The standard InChI is InChI=1S/C12H10BrN3O3/c13-8-3-10(14-6-8)12(19)16-15-5-7-1-2-9(17)4-11(7)18/h1-6,14,17-18H,(H,16,19)/b15-5+. The summed E-state index contributed by atoms with van der Waals surface area (Å²) in [6.45, 7) is 0. The predicted octanol–water partition coefficient (Wildman–Crippen LogP) is 1.95. The summed E-state index contributed by atoms with van der Waals surface area (Å²) in [7, 11) is 0. The molecule has 6 nitrogen and oxygen atoms in total. The van der Waals surface area contributed by atoms with E-state index in [1.54, 1.807) is 12.3 Å². The maximum Gasteiger partial charge on any atom is 0.287 e. The molecule has 0 saturated carbocycles. The summed E-state index contributed by atoms with van der Waals surface area (Å²) in [5, 5.41) is 22.3. The summed E-state index contributed by atoms with van der Waals surface area (Å²) >= 11 is 3.22. The molecule has 1 aromatic heterocycles. The minimum absolute atomic E-state index is 0.0464. The number of halogens is 1. The second-order valence-electron chi connectivity index (χ2n) is 3.67. The maximum atomic E-state index is 11.6. The first kappa shape index (κ1) is 13.2. The van der Waals surface area contributed by atoms with Gasteiger partial charge in [0.25, 0.3) is 5.91 Å². The van der Waals surface area contributed by atoms with Crippen molar-refractivity contribution in [2.24, 2.45) is 5.10 Å². The number of rotatable bonds is 3. The van der Waals surface area contributed by atoms with Gasteiger partial charge in [0.15, 0.2) is 0 Å². The van der Waals surface area contributed by atoms with Gasteiger partial charge in [-0.3, -0.25) is 4.79 Å². The van der Waals surface area contributed by atoms with Crippen molar-refractivity contribution in [1.82, 2.24) is 10.4 Å². The van der Waals surface area contributed by atoms with Gasteiger partial charge in [0.2, 0.25) is 0 Å². The summed E-state index contributed by atoms with van der Waals surface area (Å²) in [5.41, 5.74) is 3.05.